The number of carbonyl (C=O) groups excluding carboxylic acids is 1. The van der Waals surface area contributed by atoms with E-state index in [1.165, 1.54) is 0 Å². The molecule has 2 rings (SSSR count). The first-order valence-corrected chi connectivity index (χ1v) is 6.54. The topological polar surface area (TPSA) is 48.0 Å². The Bertz CT molecular complexity index is 572. The van der Waals surface area contributed by atoms with Gasteiger partial charge in [-0.2, -0.15) is 5.10 Å². The van der Waals surface area contributed by atoms with E-state index in [9.17, 15) is 4.79 Å². The summed E-state index contributed by atoms with van der Waals surface area (Å²) < 4.78 is 8.36. The second-order valence-corrected chi connectivity index (χ2v) is 5.25. The van der Waals surface area contributed by atoms with Crippen molar-refractivity contribution in [1.29, 1.82) is 0 Å². The first-order valence-electron chi connectivity index (χ1n) is 4.95. The Balaban J connectivity index is 2.24. The van der Waals surface area contributed by atoms with Crippen molar-refractivity contribution in [3.63, 3.8) is 0 Å². The molecule has 0 saturated heterocycles. The molecule has 0 aliphatic carbocycles. The van der Waals surface area contributed by atoms with Crippen LogP contribution in [0.5, 0.6) is 0 Å². The third kappa shape index (κ3) is 2.52. The molecule has 2 aromatic heterocycles. The lowest BCUT2D eigenvalue weighted by atomic mass is 10.2. The smallest absolute Gasteiger partial charge is 0.204 e. The molecule has 0 unspecified atom stereocenters. The molecular weight excluding hydrogens is 352 g/mol. The van der Waals surface area contributed by atoms with Crippen molar-refractivity contribution < 1.29 is 9.21 Å². The van der Waals surface area contributed by atoms with Crippen LogP contribution in [0.15, 0.2) is 25.7 Å². The highest BCUT2D eigenvalue weighted by atomic mass is 79.9. The highest BCUT2D eigenvalue weighted by Gasteiger charge is 2.17. The lowest BCUT2D eigenvalue weighted by molar-refractivity contribution is 0.0962. The van der Waals surface area contributed by atoms with E-state index in [1.54, 1.807) is 16.8 Å². The highest BCUT2D eigenvalue weighted by Crippen LogP contribution is 2.22. The molecular formula is C11H10Br2N2O2. The number of hydrogen-bond donors (Lipinski definition) is 0. The van der Waals surface area contributed by atoms with E-state index >= 15 is 0 Å². The Morgan fingerprint density at radius 3 is 2.65 bits per heavy atom. The normalized spacial score (nSPS) is 10.8. The Hall–Kier alpha value is -0.880. The first kappa shape index (κ1) is 12.6. The SMILES string of the molecule is Cc1nn(C)c(CC(=O)c2ccc(Br)o2)c1Br. The minimum Gasteiger partial charge on any atom is -0.446 e. The molecule has 0 bridgehead atoms. The summed E-state index contributed by atoms with van der Waals surface area (Å²) in [5.74, 6) is 0.280. The van der Waals surface area contributed by atoms with Gasteiger partial charge in [-0.1, -0.05) is 0 Å². The standard InChI is InChI=1S/C11H10Br2N2O2/c1-6-11(13)7(15(2)14-6)5-8(16)9-3-4-10(12)17-9/h3-4H,5H2,1-2H3. The number of aryl methyl sites for hydroxylation is 2. The molecule has 6 heteroatoms. The molecule has 0 aliphatic heterocycles. The number of rotatable bonds is 3. The summed E-state index contributed by atoms with van der Waals surface area (Å²) >= 11 is 6.61. The summed E-state index contributed by atoms with van der Waals surface area (Å²) in [4.78, 5) is 12.0. The summed E-state index contributed by atoms with van der Waals surface area (Å²) in [6.07, 6.45) is 0.262. The predicted molar refractivity (Wildman–Crippen MR) is 70.1 cm³/mol. The largest absolute Gasteiger partial charge is 0.446 e. The van der Waals surface area contributed by atoms with Gasteiger partial charge >= 0.3 is 0 Å². The molecule has 17 heavy (non-hydrogen) atoms. The number of furan rings is 1. The molecule has 0 radical (unpaired) electrons. The lowest BCUT2D eigenvalue weighted by Crippen LogP contribution is -2.07. The first-order chi connectivity index (χ1) is 7.99. The fraction of sp³-hybridized carbons (Fsp3) is 0.273. The predicted octanol–water partition coefficient (Wildman–Crippen LogP) is 3.27. The summed E-state index contributed by atoms with van der Waals surface area (Å²) in [7, 11) is 1.82. The van der Waals surface area contributed by atoms with Gasteiger partial charge in [-0.15, -0.1) is 0 Å². The average Bonchev–Trinajstić information content (AvgIpc) is 2.79. The van der Waals surface area contributed by atoms with E-state index in [0.29, 0.717) is 10.4 Å². The van der Waals surface area contributed by atoms with E-state index < -0.39 is 0 Å². The zero-order valence-corrected chi connectivity index (χ0v) is 12.5. The van der Waals surface area contributed by atoms with Crippen molar-refractivity contribution in [2.75, 3.05) is 0 Å². The third-order valence-electron chi connectivity index (χ3n) is 2.44. The van der Waals surface area contributed by atoms with Gasteiger partial charge in [0, 0.05) is 7.05 Å². The number of ketones is 1. The van der Waals surface area contributed by atoms with Crippen LogP contribution < -0.4 is 0 Å². The fourth-order valence-corrected chi connectivity index (χ4v) is 2.36. The van der Waals surface area contributed by atoms with Gasteiger partial charge < -0.3 is 4.42 Å². The Morgan fingerprint density at radius 1 is 1.47 bits per heavy atom. The van der Waals surface area contributed by atoms with Crippen molar-refractivity contribution in [2.24, 2.45) is 7.05 Å². The molecule has 90 valence electrons. The van der Waals surface area contributed by atoms with Crippen LogP contribution in [-0.2, 0) is 13.5 Å². The summed E-state index contributed by atoms with van der Waals surface area (Å²) in [5, 5.41) is 4.24. The van der Waals surface area contributed by atoms with Crippen molar-refractivity contribution in [3.8, 4) is 0 Å². The summed E-state index contributed by atoms with van der Waals surface area (Å²) in [6, 6.07) is 3.36. The van der Waals surface area contributed by atoms with Gasteiger partial charge in [-0.05, 0) is 50.9 Å². The number of carbonyl (C=O) groups is 1. The molecule has 0 aliphatic rings. The van der Waals surface area contributed by atoms with E-state index in [1.807, 2.05) is 14.0 Å². The summed E-state index contributed by atoms with van der Waals surface area (Å²) in [5.41, 5.74) is 1.72. The van der Waals surface area contributed by atoms with Crippen LogP contribution in [-0.4, -0.2) is 15.6 Å². The molecule has 0 N–H and O–H groups in total. The van der Waals surface area contributed by atoms with Gasteiger partial charge in [-0.3, -0.25) is 9.48 Å². The fourth-order valence-electron chi connectivity index (χ4n) is 1.58. The Morgan fingerprint density at radius 2 is 2.18 bits per heavy atom. The van der Waals surface area contributed by atoms with Crippen LogP contribution in [0, 0.1) is 6.92 Å². The zero-order valence-electron chi connectivity index (χ0n) is 9.33. The molecule has 0 aromatic carbocycles. The molecule has 0 amide bonds. The van der Waals surface area contributed by atoms with Gasteiger partial charge in [0.05, 0.1) is 22.3 Å². The van der Waals surface area contributed by atoms with Crippen LogP contribution in [0.4, 0.5) is 0 Å². The van der Waals surface area contributed by atoms with Crippen LogP contribution >= 0.6 is 31.9 Å². The number of hydrogen-bond acceptors (Lipinski definition) is 3. The van der Waals surface area contributed by atoms with E-state index in [0.717, 1.165) is 15.9 Å². The highest BCUT2D eigenvalue weighted by molar-refractivity contribution is 9.10. The minimum atomic E-state index is -0.0700. The van der Waals surface area contributed by atoms with Crippen molar-refractivity contribution >= 4 is 37.6 Å². The zero-order chi connectivity index (χ0) is 12.6. The monoisotopic (exact) mass is 360 g/mol. The Kier molecular flexibility index (Phi) is 3.53. The van der Waals surface area contributed by atoms with Crippen LogP contribution in [0.1, 0.15) is 21.9 Å². The number of nitrogens with zero attached hydrogens (tertiary/aromatic N) is 2. The quantitative estimate of drug-likeness (QED) is 0.788. The van der Waals surface area contributed by atoms with E-state index in [2.05, 4.69) is 37.0 Å². The Labute approximate surface area is 115 Å². The van der Waals surface area contributed by atoms with Crippen molar-refractivity contribution in [2.45, 2.75) is 13.3 Å². The van der Waals surface area contributed by atoms with Gasteiger partial charge in [0.1, 0.15) is 0 Å². The van der Waals surface area contributed by atoms with Crippen LogP contribution in [0.2, 0.25) is 0 Å². The number of halogens is 2. The lowest BCUT2D eigenvalue weighted by Gasteiger charge is -2.00. The van der Waals surface area contributed by atoms with Gasteiger partial charge in [-0.25, -0.2) is 0 Å². The molecule has 0 saturated carbocycles. The summed E-state index contributed by atoms with van der Waals surface area (Å²) in [6.45, 7) is 1.89. The van der Waals surface area contributed by atoms with Crippen LogP contribution in [0.3, 0.4) is 0 Å². The molecule has 0 atom stereocenters. The minimum absolute atomic E-state index is 0.0700. The van der Waals surface area contributed by atoms with E-state index in [4.69, 9.17) is 4.42 Å². The number of Topliss-reactive ketones (excluding diaryl/α,β-unsaturated/α-hetero) is 1. The van der Waals surface area contributed by atoms with E-state index in [-0.39, 0.29) is 12.2 Å². The maximum Gasteiger partial charge on any atom is 0.204 e. The average molecular weight is 362 g/mol. The number of aromatic nitrogens is 2. The molecule has 0 fully saturated rings. The second-order valence-electron chi connectivity index (χ2n) is 3.67. The van der Waals surface area contributed by atoms with Crippen molar-refractivity contribution in [1.82, 2.24) is 9.78 Å². The maximum atomic E-state index is 12.0. The molecule has 2 heterocycles. The molecule has 0 spiro atoms. The van der Waals surface area contributed by atoms with Gasteiger partial charge in [0.25, 0.3) is 0 Å². The molecule has 2 aromatic rings. The van der Waals surface area contributed by atoms with Gasteiger partial charge in [0.15, 0.2) is 10.4 Å². The van der Waals surface area contributed by atoms with Crippen molar-refractivity contribution in [3.05, 3.63) is 38.4 Å². The second kappa shape index (κ2) is 4.78. The van der Waals surface area contributed by atoms with Gasteiger partial charge in [0.2, 0.25) is 5.78 Å². The maximum absolute atomic E-state index is 12.0. The van der Waals surface area contributed by atoms with Crippen LogP contribution in [0.25, 0.3) is 0 Å². The third-order valence-corrected chi connectivity index (χ3v) is 3.90. The molecule has 4 nitrogen and oxygen atoms in total.